The van der Waals surface area contributed by atoms with E-state index in [0.717, 1.165) is 13.0 Å². The van der Waals surface area contributed by atoms with Crippen LogP contribution in [0.1, 0.15) is 6.42 Å². The Morgan fingerprint density at radius 3 is 2.75 bits per heavy atom. The first-order valence-corrected chi connectivity index (χ1v) is 4.14. The molecule has 0 saturated carbocycles. The number of rotatable bonds is 2. The fourth-order valence-electron chi connectivity index (χ4n) is 1.62. The molecule has 1 rings (SSSR count). The molecule has 0 aromatic heterocycles. The van der Waals surface area contributed by atoms with Crippen molar-refractivity contribution < 1.29 is 9.53 Å². The summed E-state index contributed by atoms with van der Waals surface area (Å²) in [5.41, 5.74) is 0. The van der Waals surface area contributed by atoms with E-state index in [1.165, 1.54) is 7.11 Å². The summed E-state index contributed by atoms with van der Waals surface area (Å²) < 4.78 is 4.69. The number of nitrogens with one attached hydrogen (secondary N) is 1. The average Bonchev–Trinajstić information content (AvgIpc) is 2.45. The maximum atomic E-state index is 11.2. The van der Waals surface area contributed by atoms with Gasteiger partial charge in [-0.05, 0) is 20.5 Å². The Bertz CT molecular complexity index is 172. The number of hydrogen-bond acceptors (Lipinski definition) is 4. The Balaban J connectivity index is 2.51. The van der Waals surface area contributed by atoms with E-state index in [-0.39, 0.29) is 12.0 Å². The highest BCUT2D eigenvalue weighted by Crippen LogP contribution is 2.16. The SMILES string of the molecule is CNC1C[C@@H](C(=O)OC)N(C)C1. The maximum Gasteiger partial charge on any atom is 0.323 e. The van der Waals surface area contributed by atoms with Gasteiger partial charge >= 0.3 is 5.97 Å². The lowest BCUT2D eigenvalue weighted by Gasteiger charge is -2.15. The van der Waals surface area contributed by atoms with Crippen molar-refractivity contribution in [1.82, 2.24) is 10.2 Å². The summed E-state index contributed by atoms with van der Waals surface area (Å²) in [6.45, 7) is 0.913. The highest BCUT2D eigenvalue weighted by atomic mass is 16.5. The van der Waals surface area contributed by atoms with E-state index >= 15 is 0 Å². The number of carbonyl (C=O) groups is 1. The Hall–Kier alpha value is -0.610. The van der Waals surface area contributed by atoms with Crippen LogP contribution >= 0.6 is 0 Å². The van der Waals surface area contributed by atoms with Crippen LogP contribution in [0.3, 0.4) is 0 Å². The lowest BCUT2D eigenvalue weighted by Crippen LogP contribution is -2.33. The van der Waals surface area contributed by atoms with Gasteiger partial charge in [0.1, 0.15) is 6.04 Å². The van der Waals surface area contributed by atoms with E-state index in [2.05, 4.69) is 10.1 Å². The fraction of sp³-hybridized carbons (Fsp3) is 0.875. The second-order valence-corrected chi connectivity index (χ2v) is 3.20. The van der Waals surface area contributed by atoms with Crippen molar-refractivity contribution in [3.8, 4) is 0 Å². The maximum absolute atomic E-state index is 11.2. The van der Waals surface area contributed by atoms with Gasteiger partial charge in [0.15, 0.2) is 0 Å². The van der Waals surface area contributed by atoms with E-state index < -0.39 is 0 Å². The van der Waals surface area contributed by atoms with Crippen LogP contribution in [0.25, 0.3) is 0 Å². The fourth-order valence-corrected chi connectivity index (χ4v) is 1.62. The molecule has 1 fully saturated rings. The van der Waals surface area contributed by atoms with Crippen molar-refractivity contribution >= 4 is 5.97 Å². The normalized spacial score (nSPS) is 30.6. The number of likely N-dealkylation sites (N-methyl/N-ethyl adjacent to an activating group) is 2. The summed E-state index contributed by atoms with van der Waals surface area (Å²) in [6.07, 6.45) is 0.847. The molecule has 1 N–H and O–H groups in total. The van der Waals surface area contributed by atoms with Gasteiger partial charge < -0.3 is 10.1 Å². The second-order valence-electron chi connectivity index (χ2n) is 3.20. The molecular formula is C8H16N2O2. The van der Waals surface area contributed by atoms with Crippen molar-refractivity contribution in [3.63, 3.8) is 0 Å². The van der Waals surface area contributed by atoms with Gasteiger partial charge in [-0.25, -0.2) is 0 Å². The van der Waals surface area contributed by atoms with E-state index in [4.69, 9.17) is 0 Å². The molecule has 0 aromatic rings. The van der Waals surface area contributed by atoms with Crippen LogP contribution in [-0.2, 0) is 9.53 Å². The van der Waals surface area contributed by atoms with Crippen LogP contribution in [-0.4, -0.2) is 50.7 Å². The van der Waals surface area contributed by atoms with E-state index in [0.29, 0.717) is 6.04 Å². The summed E-state index contributed by atoms with van der Waals surface area (Å²) in [5.74, 6) is -0.129. The number of likely N-dealkylation sites (tertiary alicyclic amines) is 1. The molecule has 0 aliphatic carbocycles. The third kappa shape index (κ3) is 1.76. The summed E-state index contributed by atoms with van der Waals surface area (Å²) >= 11 is 0. The highest BCUT2D eigenvalue weighted by Gasteiger charge is 2.34. The van der Waals surface area contributed by atoms with Crippen molar-refractivity contribution in [2.24, 2.45) is 0 Å². The minimum atomic E-state index is -0.129. The van der Waals surface area contributed by atoms with Gasteiger partial charge in [0.25, 0.3) is 0 Å². The van der Waals surface area contributed by atoms with Gasteiger partial charge in [0.05, 0.1) is 7.11 Å². The predicted octanol–water partition coefficient (Wildman–Crippen LogP) is -0.548. The van der Waals surface area contributed by atoms with Crippen LogP contribution in [0.2, 0.25) is 0 Å². The van der Waals surface area contributed by atoms with Gasteiger partial charge in [0.2, 0.25) is 0 Å². The molecule has 1 aliphatic heterocycles. The molecule has 0 spiro atoms. The zero-order valence-electron chi connectivity index (χ0n) is 7.83. The van der Waals surface area contributed by atoms with Crippen molar-refractivity contribution in [2.45, 2.75) is 18.5 Å². The van der Waals surface area contributed by atoms with Crippen molar-refractivity contribution in [3.05, 3.63) is 0 Å². The molecule has 0 radical (unpaired) electrons. The first kappa shape index (κ1) is 9.48. The number of nitrogens with zero attached hydrogens (tertiary/aromatic N) is 1. The number of hydrogen-bond donors (Lipinski definition) is 1. The standard InChI is InChI=1S/C8H16N2O2/c1-9-6-4-7(8(11)12-3)10(2)5-6/h6-7,9H,4-5H2,1-3H3/t6?,7-/m0/s1. The number of methoxy groups -OCH3 is 1. The molecule has 12 heavy (non-hydrogen) atoms. The van der Waals surface area contributed by atoms with Crippen LogP contribution in [0, 0.1) is 0 Å². The minimum Gasteiger partial charge on any atom is -0.468 e. The molecule has 1 aliphatic rings. The topological polar surface area (TPSA) is 41.6 Å². The molecule has 70 valence electrons. The molecule has 1 unspecified atom stereocenters. The Morgan fingerprint density at radius 1 is 1.67 bits per heavy atom. The lowest BCUT2D eigenvalue weighted by molar-refractivity contribution is -0.145. The minimum absolute atomic E-state index is 0.0625. The monoisotopic (exact) mass is 172 g/mol. The number of esters is 1. The van der Waals surface area contributed by atoms with Gasteiger partial charge in [-0.2, -0.15) is 0 Å². The predicted molar refractivity (Wildman–Crippen MR) is 45.9 cm³/mol. The van der Waals surface area contributed by atoms with Crippen LogP contribution < -0.4 is 5.32 Å². The first-order chi connectivity index (χ1) is 5.69. The Labute approximate surface area is 72.9 Å². The van der Waals surface area contributed by atoms with Gasteiger partial charge in [0, 0.05) is 12.6 Å². The van der Waals surface area contributed by atoms with Gasteiger partial charge in [-0.15, -0.1) is 0 Å². The molecule has 0 amide bonds. The molecule has 1 saturated heterocycles. The second kappa shape index (κ2) is 3.87. The molecule has 0 aromatic carbocycles. The van der Waals surface area contributed by atoms with Crippen LogP contribution in [0.4, 0.5) is 0 Å². The molecule has 1 heterocycles. The Morgan fingerprint density at radius 2 is 2.33 bits per heavy atom. The summed E-state index contributed by atoms with van der Waals surface area (Å²) in [7, 11) is 5.29. The molecule has 4 heteroatoms. The van der Waals surface area contributed by atoms with Crippen LogP contribution in [0.15, 0.2) is 0 Å². The largest absolute Gasteiger partial charge is 0.468 e. The zero-order valence-corrected chi connectivity index (χ0v) is 7.83. The molecular weight excluding hydrogens is 156 g/mol. The smallest absolute Gasteiger partial charge is 0.323 e. The third-order valence-electron chi connectivity index (χ3n) is 2.43. The number of ether oxygens (including phenoxy) is 1. The van der Waals surface area contributed by atoms with Gasteiger partial charge in [-0.1, -0.05) is 0 Å². The van der Waals surface area contributed by atoms with Crippen molar-refractivity contribution in [2.75, 3.05) is 27.7 Å². The number of carbonyl (C=O) groups excluding carboxylic acids is 1. The van der Waals surface area contributed by atoms with Crippen LogP contribution in [0.5, 0.6) is 0 Å². The third-order valence-corrected chi connectivity index (χ3v) is 2.43. The lowest BCUT2D eigenvalue weighted by atomic mass is 10.2. The quantitative estimate of drug-likeness (QED) is 0.568. The summed E-state index contributed by atoms with van der Waals surface area (Å²) in [4.78, 5) is 13.2. The molecule has 4 nitrogen and oxygen atoms in total. The summed E-state index contributed by atoms with van der Waals surface area (Å²) in [6, 6.07) is 0.353. The first-order valence-electron chi connectivity index (χ1n) is 4.14. The molecule has 0 bridgehead atoms. The average molecular weight is 172 g/mol. The summed E-state index contributed by atoms with van der Waals surface area (Å²) in [5, 5.41) is 3.15. The Kier molecular flexibility index (Phi) is 3.05. The van der Waals surface area contributed by atoms with E-state index in [1.54, 1.807) is 0 Å². The van der Waals surface area contributed by atoms with E-state index in [9.17, 15) is 4.79 Å². The van der Waals surface area contributed by atoms with E-state index in [1.807, 2.05) is 19.0 Å². The van der Waals surface area contributed by atoms with Gasteiger partial charge in [-0.3, -0.25) is 9.69 Å². The molecule has 2 atom stereocenters. The highest BCUT2D eigenvalue weighted by molar-refractivity contribution is 5.76. The zero-order chi connectivity index (χ0) is 9.14. The van der Waals surface area contributed by atoms with Crippen molar-refractivity contribution in [1.29, 1.82) is 0 Å².